The van der Waals surface area contributed by atoms with Gasteiger partial charge in [0, 0.05) is 0 Å². The second-order valence-electron chi connectivity index (χ2n) is 10.0. The van der Waals surface area contributed by atoms with E-state index in [1.165, 1.54) is 51.8 Å². The molecule has 0 saturated heterocycles. The molecule has 0 bridgehead atoms. The van der Waals surface area contributed by atoms with E-state index in [-0.39, 0.29) is 10.8 Å². The van der Waals surface area contributed by atoms with E-state index in [4.69, 9.17) is 0 Å². The Labute approximate surface area is 170 Å². The first-order valence-corrected chi connectivity index (χ1v) is 10.6. The Bertz CT molecular complexity index is 1010. The minimum absolute atomic E-state index is 0.234. The zero-order chi connectivity index (χ0) is 20.1. The predicted octanol–water partition coefficient (Wildman–Crippen LogP) is 7.09. The summed E-state index contributed by atoms with van der Waals surface area (Å²) >= 11 is 0. The van der Waals surface area contributed by atoms with E-state index in [9.17, 15) is 5.26 Å². The standard InChI is InChI=1S/C27H31N/c1-18-13-24-25(27(4,5)12-11-26(24,2)3)16-22(18)15-21-8-6-7-20-14-19(17-28)9-10-23(20)21/h9-10,13-16H,6-8,11-12H2,1-5H3/b21-15-. The molecule has 2 aromatic rings. The topological polar surface area (TPSA) is 23.8 Å². The van der Waals surface area contributed by atoms with Gasteiger partial charge in [0.25, 0.3) is 0 Å². The van der Waals surface area contributed by atoms with Gasteiger partial charge in [-0.1, -0.05) is 52.0 Å². The van der Waals surface area contributed by atoms with Crippen molar-refractivity contribution >= 4 is 11.6 Å². The molecule has 1 heteroatoms. The predicted molar refractivity (Wildman–Crippen MR) is 118 cm³/mol. The molecule has 28 heavy (non-hydrogen) atoms. The molecule has 0 amide bonds. The molecule has 0 N–H and O–H groups in total. The number of allylic oxidation sites excluding steroid dienone is 1. The minimum Gasteiger partial charge on any atom is -0.192 e. The minimum atomic E-state index is 0.234. The summed E-state index contributed by atoms with van der Waals surface area (Å²) in [6.07, 6.45) is 8.26. The quantitative estimate of drug-likeness (QED) is 0.526. The molecule has 4 rings (SSSR count). The average Bonchev–Trinajstić information content (AvgIpc) is 2.66. The van der Waals surface area contributed by atoms with Crippen molar-refractivity contribution in [3.8, 4) is 6.07 Å². The number of hydrogen-bond donors (Lipinski definition) is 0. The third-order valence-corrected chi connectivity index (χ3v) is 7.04. The molecule has 0 heterocycles. The highest BCUT2D eigenvalue weighted by Gasteiger charge is 2.37. The molecule has 0 saturated carbocycles. The first-order chi connectivity index (χ1) is 13.2. The van der Waals surface area contributed by atoms with Crippen LogP contribution in [-0.2, 0) is 17.3 Å². The molecule has 2 aromatic carbocycles. The van der Waals surface area contributed by atoms with Crippen LogP contribution < -0.4 is 0 Å². The Morgan fingerprint density at radius 1 is 0.929 bits per heavy atom. The van der Waals surface area contributed by atoms with Crippen molar-refractivity contribution in [2.75, 3.05) is 0 Å². The van der Waals surface area contributed by atoms with E-state index in [0.717, 1.165) is 24.8 Å². The van der Waals surface area contributed by atoms with Gasteiger partial charge in [0.2, 0.25) is 0 Å². The summed E-state index contributed by atoms with van der Waals surface area (Å²) in [5.74, 6) is 0. The van der Waals surface area contributed by atoms with Crippen molar-refractivity contribution in [2.45, 2.75) is 77.6 Å². The first-order valence-electron chi connectivity index (χ1n) is 10.6. The van der Waals surface area contributed by atoms with Crippen molar-refractivity contribution in [2.24, 2.45) is 0 Å². The van der Waals surface area contributed by atoms with Gasteiger partial charge < -0.3 is 0 Å². The molecule has 144 valence electrons. The molecule has 0 aliphatic heterocycles. The fourth-order valence-electron chi connectivity index (χ4n) is 5.02. The lowest BCUT2D eigenvalue weighted by Gasteiger charge is -2.42. The number of rotatable bonds is 1. The van der Waals surface area contributed by atoms with E-state index in [1.807, 2.05) is 6.07 Å². The average molecular weight is 370 g/mol. The molecular weight excluding hydrogens is 338 g/mol. The SMILES string of the molecule is Cc1cc2c(cc1/C=C1/CCCc3cc(C#N)ccc31)C(C)(C)CCC2(C)C. The normalized spacial score (nSPS) is 20.9. The van der Waals surface area contributed by atoms with Crippen LogP contribution in [-0.4, -0.2) is 0 Å². The van der Waals surface area contributed by atoms with Gasteiger partial charge in [-0.3, -0.25) is 0 Å². The number of hydrogen-bond acceptors (Lipinski definition) is 1. The zero-order valence-electron chi connectivity index (χ0n) is 17.9. The largest absolute Gasteiger partial charge is 0.192 e. The van der Waals surface area contributed by atoms with Crippen LogP contribution in [0.5, 0.6) is 0 Å². The fraction of sp³-hybridized carbons (Fsp3) is 0.444. The maximum absolute atomic E-state index is 9.22. The smallest absolute Gasteiger partial charge is 0.0991 e. The molecule has 0 aromatic heterocycles. The van der Waals surface area contributed by atoms with Crippen LogP contribution in [0, 0.1) is 18.3 Å². The van der Waals surface area contributed by atoms with Crippen molar-refractivity contribution < 1.29 is 0 Å². The van der Waals surface area contributed by atoms with Crippen molar-refractivity contribution in [1.29, 1.82) is 5.26 Å². The highest BCUT2D eigenvalue weighted by molar-refractivity contribution is 5.85. The molecule has 0 fully saturated rings. The Morgan fingerprint density at radius 2 is 1.61 bits per heavy atom. The number of aryl methyl sites for hydroxylation is 2. The Morgan fingerprint density at radius 3 is 2.29 bits per heavy atom. The second-order valence-corrected chi connectivity index (χ2v) is 10.0. The third kappa shape index (κ3) is 3.20. The number of benzene rings is 2. The van der Waals surface area contributed by atoms with Gasteiger partial charge >= 0.3 is 0 Å². The van der Waals surface area contributed by atoms with E-state index in [2.05, 4.69) is 71.0 Å². The number of nitrogens with zero attached hydrogens (tertiary/aromatic N) is 1. The Hall–Kier alpha value is -2.33. The van der Waals surface area contributed by atoms with Gasteiger partial charge in [-0.05, 0) is 101 Å². The van der Waals surface area contributed by atoms with E-state index < -0.39 is 0 Å². The summed E-state index contributed by atoms with van der Waals surface area (Å²) < 4.78 is 0. The van der Waals surface area contributed by atoms with Crippen LogP contribution in [0.15, 0.2) is 30.3 Å². The third-order valence-electron chi connectivity index (χ3n) is 7.04. The molecule has 1 nitrogen and oxygen atoms in total. The maximum atomic E-state index is 9.22. The van der Waals surface area contributed by atoms with Crippen molar-refractivity contribution in [3.63, 3.8) is 0 Å². The molecular formula is C27H31N. The summed E-state index contributed by atoms with van der Waals surface area (Å²) in [5, 5.41) is 9.22. The van der Waals surface area contributed by atoms with Crippen LogP contribution in [0.1, 0.15) is 92.3 Å². The molecule has 0 unspecified atom stereocenters. The van der Waals surface area contributed by atoms with Crippen molar-refractivity contribution in [3.05, 3.63) is 69.3 Å². The highest BCUT2D eigenvalue weighted by atomic mass is 14.4. The van der Waals surface area contributed by atoms with Crippen LogP contribution in [0.3, 0.4) is 0 Å². The molecule has 0 atom stereocenters. The molecule has 2 aliphatic carbocycles. The van der Waals surface area contributed by atoms with Gasteiger partial charge in [-0.15, -0.1) is 0 Å². The summed E-state index contributed by atoms with van der Waals surface area (Å²) in [5.41, 5.74) is 11.1. The number of nitriles is 1. The lowest BCUT2D eigenvalue weighted by molar-refractivity contribution is 0.331. The second kappa shape index (κ2) is 6.63. The zero-order valence-corrected chi connectivity index (χ0v) is 17.9. The maximum Gasteiger partial charge on any atom is 0.0991 e. The van der Waals surface area contributed by atoms with Gasteiger partial charge in [0.15, 0.2) is 0 Å². The fourth-order valence-corrected chi connectivity index (χ4v) is 5.02. The van der Waals surface area contributed by atoms with Crippen LogP contribution >= 0.6 is 0 Å². The molecule has 0 radical (unpaired) electrons. The highest BCUT2D eigenvalue weighted by Crippen LogP contribution is 2.47. The van der Waals surface area contributed by atoms with Crippen LogP contribution in [0.25, 0.3) is 11.6 Å². The van der Waals surface area contributed by atoms with Gasteiger partial charge in [0.05, 0.1) is 11.6 Å². The molecule has 0 spiro atoms. The molecule has 2 aliphatic rings. The van der Waals surface area contributed by atoms with E-state index in [0.29, 0.717) is 0 Å². The number of fused-ring (bicyclic) bond motifs is 2. The summed E-state index contributed by atoms with van der Waals surface area (Å²) in [6, 6.07) is 13.4. The van der Waals surface area contributed by atoms with Crippen molar-refractivity contribution in [1.82, 2.24) is 0 Å². The van der Waals surface area contributed by atoms with Gasteiger partial charge in [-0.2, -0.15) is 5.26 Å². The van der Waals surface area contributed by atoms with Gasteiger partial charge in [0.1, 0.15) is 0 Å². The Kier molecular flexibility index (Phi) is 4.50. The van der Waals surface area contributed by atoms with E-state index >= 15 is 0 Å². The summed E-state index contributed by atoms with van der Waals surface area (Å²) in [6.45, 7) is 11.8. The lowest BCUT2D eigenvalue weighted by Crippen LogP contribution is -2.34. The van der Waals surface area contributed by atoms with E-state index in [1.54, 1.807) is 0 Å². The van der Waals surface area contributed by atoms with Crippen LogP contribution in [0.2, 0.25) is 0 Å². The van der Waals surface area contributed by atoms with Gasteiger partial charge in [-0.25, -0.2) is 0 Å². The summed E-state index contributed by atoms with van der Waals surface area (Å²) in [7, 11) is 0. The van der Waals surface area contributed by atoms with Crippen LogP contribution in [0.4, 0.5) is 0 Å². The Balaban J connectivity index is 1.83. The lowest BCUT2D eigenvalue weighted by atomic mass is 9.62. The first kappa shape index (κ1) is 19.0. The summed E-state index contributed by atoms with van der Waals surface area (Å²) in [4.78, 5) is 0. The monoisotopic (exact) mass is 369 g/mol.